The van der Waals surface area contributed by atoms with E-state index in [1.165, 1.54) is 0 Å². The van der Waals surface area contributed by atoms with Gasteiger partial charge in [-0.2, -0.15) is 13.2 Å². The Kier molecular flexibility index (Phi) is 6.09. The van der Waals surface area contributed by atoms with Crippen molar-refractivity contribution in [2.45, 2.75) is 45.3 Å². The van der Waals surface area contributed by atoms with E-state index in [-0.39, 0.29) is 23.7 Å². The van der Waals surface area contributed by atoms with E-state index < -0.39 is 23.4 Å². The lowest BCUT2D eigenvalue weighted by atomic mass is 9.74. The molecule has 1 aliphatic heterocycles. The average Bonchev–Trinajstić information content (AvgIpc) is 3.11. The van der Waals surface area contributed by atoms with Crippen LogP contribution in [-0.2, 0) is 11.0 Å². The van der Waals surface area contributed by atoms with Gasteiger partial charge in [0.15, 0.2) is 0 Å². The van der Waals surface area contributed by atoms with Crippen LogP contribution in [0.1, 0.15) is 38.8 Å². The molecule has 166 valence electrons. The van der Waals surface area contributed by atoms with Gasteiger partial charge in [-0.15, -0.1) is 0 Å². The summed E-state index contributed by atoms with van der Waals surface area (Å²) in [5.74, 6) is 0.174. The van der Waals surface area contributed by atoms with Gasteiger partial charge >= 0.3 is 6.18 Å². The van der Waals surface area contributed by atoms with E-state index in [0.717, 1.165) is 12.4 Å². The summed E-state index contributed by atoms with van der Waals surface area (Å²) >= 11 is 0. The minimum absolute atomic E-state index is 0.0211. The first kappa shape index (κ1) is 22.1. The third-order valence-corrected chi connectivity index (χ3v) is 6.24. The van der Waals surface area contributed by atoms with Gasteiger partial charge in [-0.1, -0.05) is 13.8 Å². The Morgan fingerprint density at radius 1 is 1.23 bits per heavy atom. The Morgan fingerprint density at radius 2 is 1.90 bits per heavy atom. The number of anilines is 1. The molecule has 30 heavy (non-hydrogen) atoms. The predicted octanol–water partition coefficient (Wildman–Crippen LogP) is 1.27. The van der Waals surface area contributed by atoms with Crippen molar-refractivity contribution in [1.29, 1.82) is 0 Å². The summed E-state index contributed by atoms with van der Waals surface area (Å²) in [6, 6.07) is 0.602. The molecule has 0 unspecified atom stereocenters. The standard InChI is InChI=1S/C19H26F3N5O3/c1-12(2)18(4-3-13(10-18)25-17(29)30)16(28)27-7-5-26(6-8-27)15-9-14(19(20,21)22)23-11-24-15/h9,11-13,25H,3-8,10H2,1-2H3,(H,29,30)/p-1/t13-,18+/m1/s1. The number of nitrogens with one attached hydrogen (secondary N) is 1. The van der Waals surface area contributed by atoms with Crippen LogP contribution in [0.2, 0.25) is 0 Å². The summed E-state index contributed by atoms with van der Waals surface area (Å²) in [4.78, 5) is 34.9. The Labute approximate surface area is 172 Å². The highest BCUT2D eigenvalue weighted by Crippen LogP contribution is 2.46. The number of rotatable bonds is 4. The minimum Gasteiger partial charge on any atom is -0.530 e. The van der Waals surface area contributed by atoms with Gasteiger partial charge in [-0.05, 0) is 25.2 Å². The van der Waals surface area contributed by atoms with Gasteiger partial charge in [0, 0.05) is 38.3 Å². The molecule has 0 spiro atoms. The quantitative estimate of drug-likeness (QED) is 0.775. The molecule has 3 rings (SSSR count). The molecule has 1 aromatic heterocycles. The van der Waals surface area contributed by atoms with Crippen LogP contribution in [0.4, 0.5) is 23.8 Å². The van der Waals surface area contributed by atoms with Gasteiger partial charge < -0.3 is 25.0 Å². The van der Waals surface area contributed by atoms with E-state index in [0.29, 0.717) is 45.4 Å². The van der Waals surface area contributed by atoms with E-state index >= 15 is 0 Å². The van der Waals surface area contributed by atoms with Crippen LogP contribution in [0.15, 0.2) is 12.4 Å². The van der Waals surface area contributed by atoms with Crippen molar-refractivity contribution in [3.05, 3.63) is 18.1 Å². The van der Waals surface area contributed by atoms with Crippen molar-refractivity contribution in [2.75, 3.05) is 31.1 Å². The molecule has 2 heterocycles. The molecule has 2 amide bonds. The van der Waals surface area contributed by atoms with Crippen LogP contribution in [0.3, 0.4) is 0 Å². The lowest BCUT2D eigenvalue weighted by molar-refractivity contribution is -0.251. The molecule has 1 aromatic rings. The zero-order chi connectivity index (χ0) is 22.1. The SMILES string of the molecule is CC(C)[C@]1(C(=O)N2CCN(c3cc(C(F)(F)F)ncn3)CC2)CC[C@@H](NC(=O)[O-])C1. The molecule has 2 fully saturated rings. The largest absolute Gasteiger partial charge is 0.530 e. The fraction of sp³-hybridized carbons (Fsp3) is 0.684. The molecule has 2 atom stereocenters. The zero-order valence-corrected chi connectivity index (χ0v) is 16.9. The number of halogens is 3. The summed E-state index contributed by atoms with van der Waals surface area (Å²) in [5.41, 5.74) is -1.66. The van der Waals surface area contributed by atoms with Crippen molar-refractivity contribution in [3.8, 4) is 0 Å². The summed E-state index contributed by atoms with van der Waals surface area (Å²) in [6.45, 7) is 5.34. The van der Waals surface area contributed by atoms with E-state index in [2.05, 4.69) is 15.3 Å². The van der Waals surface area contributed by atoms with Crippen molar-refractivity contribution in [1.82, 2.24) is 20.2 Å². The second-order valence-electron chi connectivity index (χ2n) is 8.22. The minimum atomic E-state index is -4.54. The number of aromatic nitrogens is 2. The fourth-order valence-electron chi connectivity index (χ4n) is 4.46. The maximum Gasteiger partial charge on any atom is 0.433 e. The van der Waals surface area contributed by atoms with E-state index in [9.17, 15) is 27.9 Å². The highest BCUT2D eigenvalue weighted by Gasteiger charge is 2.49. The molecule has 1 saturated heterocycles. The van der Waals surface area contributed by atoms with Gasteiger partial charge in [0.1, 0.15) is 23.9 Å². The number of nitrogens with zero attached hydrogens (tertiary/aromatic N) is 4. The van der Waals surface area contributed by atoms with Crippen LogP contribution < -0.4 is 15.3 Å². The average molecular weight is 428 g/mol. The third-order valence-electron chi connectivity index (χ3n) is 6.24. The molecule has 1 aliphatic carbocycles. The highest BCUT2D eigenvalue weighted by molar-refractivity contribution is 5.84. The molecule has 11 heteroatoms. The number of hydrogen-bond acceptors (Lipinski definition) is 6. The van der Waals surface area contributed by atoms with Crippen molar-refractivity contribution < 1.29 is 27.9 Å². The molecule has 1 saturated carbocycles. The van der Waals surface area contributed by atoms with E-state index in [4.69, 9.17) is 0 Å². The van der Waals surface area contributed by atoms with Gasteiger partial charge in [0.25, 0.3) is 0 Å². The number of piperazine rings is 1. The highest BCUT2D eigenvalue weighted by atomic mass is 19.4. The second-order valence-corrected chi connectivity index (χ2v) is 8.22. The van der Waals surface area contributed by atoms with Gasteiger partial charge in [0.2, 0.25) is 5.91 Å². The molecule has 8 nitrogen and oxygen atoms in total. The molecular weight excluding hydrogens is 403 g/mol. The smallest absolute Gasteiger partial charge is 0.433 e. The van der Waals surface area contributed by atoms with Crippen LogP contribution in [-0.4, -0.2) is 59.1 Å². The van der Waals surface area contributed by atoms with Gasteiger partial charge in [-0.3, -0.25) is 4.79 Å². The topological polar surface area (TPSA) is 101 Å². The zero-order valence-electron chi connectivity index (χ0n) is 16.9. The summed E-state index contributed by atoms with van der Waals surface area (Å²) in [7, 11) is 0. The Balaban J connectivity index is 1.67. The molecule has 0 aromatic carbocycles. The molecule has 1 N–H and O–H groups in total. The first-order valence-electron chi connectivity index (χ1n) is 9.94. The van der Waals surface area contributed by atoms with Gasteiger partial charge in [-0.25, -0.2) is 9.97 Å². The summed E-state index contributed by atoms with van der Waals surface area (Å²) in [6.07, 6.45) is -3.43. The summed E-state index contributed by atoms with van der Waals surface area (Å²) in [5, 5.41) is 13.2. The molecule has 0 bridgehead atoms. The molecular formula is C19H25F3N5O3-. The Bertz CT molecular complexity index is 796. The number of carbonyl (C=O) groups is 2. The predicted molar refractivity (Wildman–Crippen MR) is 99.3 cm³/mol. The lowest BCUT2D eigenvalue weighted by Crippen LogP contribution is -2.54. The third kappa shape index (κ3) is 4.44. The van der Waals surface area contributed by atoms with Gasteiger partial charge in [0.05, 0.1) is 5.41 Å². The number of hydrogen-bond donors (Lipinski definition) is 1. The molecule has 0 radical (unpaired) electrons. The number of alkyl halides is 3. The van der Waals surface area contributed by atoms with Crippen molar-refractivity contribution in [2.24, 2.45) is 11.3 Å². The maximum absolute atomic E-state index is 13.4. The first-order chi connectivity index (χ1) is 14.0. The van der Waals surface area contributed by atoms with Crippen LogP contribution in [0.5, 0.6) is 0 Å². The second kappa shape index (κ2) is 8.27. The normalized spacial score (nSPS) is 24.9. The maximum atomic E-state index is 13.4. The summed E-state index contributed by atoms with van der Waals surface area (Å²) < 4.78 is 38.7. The number of amides is 2. The van der Waals surface area contributed by atoms with Crippen LogP contribution >= 0.6 is 0 Å². The first-order valence-corrected chi connectivity index (χ1v) is 9.94. The van der Waals surface area contributed by atoms with Crippen molar-refractivity contribution in [3.63, 3.8) is 0 Å². The van der Waals surface area contributed by atoms with E-state index in [1.807, 2.05) is 13.8 Å². The van der Waals surface area contributed by atoms with Crippen molar-refractivity contribution >= 4 is 17.8 Å². The fourth-order valence-corrected chi connectivity index (χ4v) is 4.46. The number of carboxylic acid groups (broad SMARTS) is 1. The van der Waals surface area contributed by atoms with Crippen LogP contribution in [0.25, 0.3) is 0 Å². The monoisotopic (exact) mass is 428 g/mol. The van der Waals surface area contributed by atoms with Crippen LogP contribution in [0, 0.1) is 11.3 Å². The lowest BCUT2D eigenvalue weighted by Gasteiger charge is -2.42. The number of carbonyl (C=O) groups excluding carboxylic acids is 2. The molecule has 2 aliphatic rings. The Hall–Kier alpha value is -2.59. The van der Waals surface area contributed by atoms with E-state index in [1.54, 1.807) is 9.80 Å². The Morgan fingerprint density at radius 3 is 2.47 bits per heavy atom.